The number of aromatic nitrogens is 4. The molecule has 0 aliphatic carbocycles. The molecule has 4 aromatic carbocycles. The summed E-state index contributed by atoms with van der Waals surface area (Å²) in [6, 6.07) is 33.9. The first-order valence-electron chi connectivity index (χ1n) is 13.0. The molecule has 7 aromatic rings. The molecule has 41 heavy (non-hydrogen) atoms. The average Bonchev–Trinajstić information content (AvgIpc) is 3.72. The van der Waals surface area contributed by atoms with Crippen LogP contribution in [0.5, 0.6) is 5.75 Å². The molecule has 0 radical (unpaired) electrons. The Balaban J connectivity index is 1.34. The highest BCUT2D eigenvalue weighted by Gasteiger charge is 2.48. The fourth-order valence-electron chi connectivity index (χ4n) is 5.81. The molecule has 198 valence electrons. The minimum absolute atomic E-state index is 0.0866. The number of nitrogens with one attached hydrogen (secondary N) is 1. The van der Waals surface area contributed by atoms with Gasteiger partial charge >= 0.3 is 0 Å². The molecular weight excluding hydrogens is 551 g/mol. The minimum atomic E-state index is -0.990. The van der Waals surface area contributed by atoms with Crippen molar-refractivity contribution in [2.24, 2.45) is 0 Å². The Kier molecular flexibility index (Phi) is 5.31. The van der Waals surface area contributed by atoms with Crippen molar-refractivity contribution < 1.29 is 9.53 Å². The SMILES string of the molecule is COc1ccc(-c2nnc3sc(-c4sc5cccc6c5c4NC(=O)C6(c4ccccc4)c4ccccc4)nn23)cc1. The highest BCUT2D eigenvalue weighted by Crippen LogP contribution is 2.54. The molecule has 0 saturated carbocycles. The number of benzene rings is 4. The summed E-state index contributed by atoms with van der Waals surface area (Å²) in [6.07, 6.45) is 0. The van der Waals surface area contributed by atoms with E-state index >= 15 is 0 Å². The fourth-order valence-corrected chi connectivity index (χ4v) is 7.90. The van der Waals surface area contributed by atoms with E-state index in [1.165, 1.54) is 11.3 Å². The lowest BCUT2D eigenvalue weighted by Crippen LogP contribution is -2.44. The van der Waals surface area contributed by atoms with Gasteiger partial charge in [-0.15, -0.1) is 21.5 Å². The molecule has 1 N–H and O–H groups in total. The molecule has 8 rings (SSSR count). The zero-order valence-electron chi connectivity index (χ0n) is 21.7. The maximum Gasteiger partial charge on any atom is 0.244 e. The lowest BCUT2D eigenvalue weighted by atomic mass is 9.66. The van der Waals surface area contributed by atoms with Crippen LogP contribution >= 0.6 is 22.7 Å². The number of nitrogens with zero attached hydrogens (tertiary/aromatic N) is 4. The number of rotatable bonds is 5. The van der Waals surface area contributed by atoms with Gasteiger partial charge in [0.15, 0.2) is 10.8 Å². The number of hydrogen-bond acceptors (Lipinski definition) is 7. The molecule has 9 heteroatoms. The molecule has 1 aliphatic rings. The average molecular weight is 572 g/mol. The summed E-state index contributed by atoms with van der Waals surface area (Å²) >= 11 is 3.08. The predicted octanol–water partition coefficient (Wildman–Crippen LogP) is 7.03. The van der Waals surface area contributed by atoms with E-state index in [4.69, 9.17) is 9.84 Å². The zero-order valence-corrected chi connectivity index (χ0v) is 23.4. The summed E-state index contributed by atoms with van der Waals surface area (Å²) in [6.45, 7) is 0. The van der Waals surface area contributed by atoms with E-state index in [1.54, 1.807) is 23.0 Å². The van der Waals surface area contributed by atoms with Crippen LogP contribution < -0.4 is 10.1 Å². The third-order valence-corrected chi connectivity index (χ3v) is 9.85. The molecule has 1 aliphatic heterocycles. The van der Waals surface area contributed by atoms with Crippen LogP contribution in [-0.4, -0.2) is 32.8 Å². The van der Waals surface area contributed by atoms with E-state index in [2.05, 4.69) is 27.6 Å². The summed E-state index contributed by atoms with van der Waals surface area (Å²) in [5.41, 5.74) is 3.52. The van der Waals surface area contributed by atoms with Crippen molar-refractivity contribution in [1.29, 1.82) is 0 Å². The first kappa shape index (κ1) is 24.0. The first-order chi connectivity index (χ1) is 20.2. The van der Waals surface area contributed by atoms with E-state index in [9.17, 15) is 4.79 Å². The molecule has 3 aromatic heterocycles. The number of fused-ring (bicyclic) bond motifs is 1. The van der Waals surface area contributed by atoms with Crippen molar-refractivity contribution in [1.82, 2.24) is 19.8 Å². The van der Waals surface area contributed by atoms with E-state index in [-0.39, 0.29) is 5.91 Å². The van der Waals surface area contributed by atoms with Crippen molar-refractivity contribution >= 4 is 49.3 Å². The van der Waals surface area contributed by atoms with Gasteiger partial charge in [-0.1, -0.05) is 84.1 Å². The maximum absolute atomic E-state index is 14.5. The van der Waals surface area contributed by atoms with E-state index in [0.717, 1.165) is 53.7 Å². The Morgan fingerprint density at radius 3 is 2.20 bits per heavy atom. The number of methoxy groups -OCH3 is 1. The summed E-state index contributed by atoms with van der Waals surface area (Å²) in [5, 5.41) is 18.9. The molecule has 0 saturated heterocycles. The fraction of sp³-hybridized carbons (Fsp3) is 0.0625. The number of anilines is 1. The number of hydrogen-bond donors (Lipinski definition) is 1. The highest BCUT2D eigenvalue weighted by molar-refractivity contribution is 7.28. The van der Waals surface area contributed by atoms with Gasteiger partial charge in [-0.2, -0.15) is 9.61 Å². The third-order valence-electron chi connectivity index (χ3n) is 7.65. The lowest BCUT2D eigenvalue weighted by Gasteiger charge is -2.38. The monoisotopic (exact) mass is 571 g/mol. The second-order valence-electron chi connectivity index (χ2n) is 9.77. The number of ether oxygens (including phenoxy) is 1. The van der Waals surface area contributed by atoms with Crippen molar-refractivity contribution in [2.45, 2.75) is 5.41 Å². The Morgan fingerprint density at radius 1 is 0.805 bits per heavy atom. The normalized spacial score (nSPS) is 13.9. The van der Waals surface area contributed by atoms with Gasteiger partial charge in [0.25, 0.3) is 0 Å². The number of thiophene rings is 1. The van der Waals surface area contributed by atoms with E-state index in [1.807, 2.05) is 91.0 Å². The summed E-state index contributed by atoms with van der Waals surface area (Å²) in [7, 11) is 1.64. The van der Waals surface area contributed by atoms with Gasteiger partial charge in [-0.05, 0) is 47.0 Å². The van der Waals surface area contributed by atoms with Gasteiger partial charge in [0.1, 0.15) is 11.2 Å². The smallest absolute Gasteiger partial charge is 0.244 e. The Labute approximate surface area is 242 Å². The van der Waals surface area contributed by atoms with Crippen LogP contribution in [0.2, 0.25) is 0 Å². The van der Waals surface area contributed by atoms with Gasteiger partial charge in [-0.25, -0.2) is 0 Å². The second-order valence-corrected chi connectivity index (χ2v) is 11.8. The van der Waals surface area contributed by atoms with Crippen LogP contribution in [0.25, 0.3) is 36.3 Å². The molecule has 0 spiro atoms. The van der Waals surface area contributed by atoms with Crippen molar-refractivity contribution in [3.8, 4) is 27.0 Å². The van der Waals surface area contributed by atoms with E-state index < -0.39 is 5.41 Å². The Hall–Kier alpha value is -4.86. The maximum atomic E-state index is 14.5. The first-order valence-corrected chi connectivity index (χ1v) is 14.7. The van der Waals surface area contributed by atoms with Gasteiger partial charge in [0.2, 0.25) is 10.9 Å². The number of carbonyl (C=O) groups is 1. The summed E-state index contributed by atoms with van der Waals surface area (Å²) < 4.78 is 8.15. The predicted molar refractivity (Wildman–Crippen MR) is 163 cm³/mol. The molecule has 0 bridgehead atoms. The van der Waals surface area contributed by atoms with Crippen molar-refractivity contribution in [2.75, 3.05) is 12.4 Å². The largest absolute Gasteiger partial charge is 0.497 e. The van der Waals surface area contributed by atoms with Crippen LogP contribution in [0.15, 0.2) is 103 Å². The summed E-state index contributed by atoms with van der Waals surface area (Å²) in [4.78, 5) is 16.0. The molecule has 1 amide bonds. The van der Waals surface area contributed by atoms with Gasteiger partial charge < -0.3 is 10.1 Å². The van der Waals surface area contributed by atoms with Crippen molar-refractivity contribution in [3.05, 3.63) is 120 Å². The van der Waals surface area contributed by atoms with Crippen LogP contribution in [0.3, 0.4) is 0 Å². The molecule has 0 atom stereocenters. The van der Waals surface area contributed by atoms with Crippen LogP contribution in [0, 0.1) is 0 Å². The Morgan fingerprint density at radius 2 is 1.51 bits per heavy atom. The van der Waals surface area contributed by atoms with Crippen molar-refractivity contribution in [3.63, 3.8) is 0 Å². The minimum Gasteiger partial charge on any atom is -0.497 e. The van der Waals surface area contributed by atoms with Gasteiger partial charge in [-0.3, -0.25) is 4.79 Å². The Bertz CT molecular complexity index is 2040. The van der Waals surface area contributed by atoms with Gasteiger partial charge in [0, 0.05) is 15.6 Å². The standard InChI is InChI=1S/C32H21N5O2S2/c1-39-22-17-15-19(16-18-22)28-34-35-31-37(28)36-29(41-31)27-26-25-23(13-8-14-24(25)40-27)32(30(38)33-26,20-9-4-2-5-10-20)21-11-6-3-7-12-21/h2-18H,1H3,(H,33,38). The number of amides is 1. The van der Waals surface area contributed by atoms with Crippen LogP contribution in [0.4, 0.5) is 5.69 Å². The zero-order chi connectivity index (χ0) is 27.6. The molecule has 7 nitrogen and oxygen atoms in total. The van der Waals surface area contributed by atoms with Gasteiger partial charge in [0.05, 0.1) is 17.7 Å². The third kappa shape index (κ3) is 3.43. The molecule has 4 heterocycles. The molecular formula is C32H21N5O2S2. The topological polar surface area (TPSA) is 81.4 Å². The summed E-state index contributed by atoms with van der Waals surface area (Å²) in [5.74, 6) is 1.33. The second kappa shape index (κ2) is 9.09. The van der Waals surface area contributed by atoms with Crippen LogP contribution in [-0.2, 0) is 10.2 Å². The van der Waals surface area contributed by atoms with Crippen LogP contribution in [0.1, 0.15) is 16.7 Å². The molecule has 0 unspecified atom stereocenters. The molecule has 0 fully saturated rings. The lowest BCUT2D eigenvalue weighted by molar-refractivity contribution is -0.119. The number of carbonyl (C=O) groups excluding carboxylic acids is 1. The highest BCUT2D eigenvalue weighted by atomic mass is 32.1. The van der Waals surface area contributed by atoms with E-state index in [0.29, 0.717) is 10.8 Å². The quantitative estimate of drug-likeness (QED) is 0.240.